The summed E-state index contributed by atoms with van der Waals surface area (Å²) < 4.78 is 67.6. The minimum atomic E-state index is -4.98. The van der Waals surface area contributed by atoms with Gasteiger partial charge in [0.2, 0.25) is 0 Å². The summed E-state index contributed by atoms with van der Waals surface area (Å²) in [4.78, 5) is 21.5. The maximum atomic E-state index is 14.0. The zero-order valence-corrected chi connectivity index (χ0v) is 17.5. The minimum Gasteiger partial charge on any atom is -0.337 e. The molecular weight excluding hydrogens is 429 g/mol. The highest BCUT2D eigenvalue weighted by molar-refractivity contribution is 6.46. The van der Waals surface area contributed by atoms with Crippen LogP contribution >= 0.6 is 0 Å². The predicted octanol–water partition coefficient (Wildman–Crippen LogP) is 4.17. The van der Waals surface area contributed by atoms with Gasteiger partial charge < -0.3 is 4.90 Å². The normalized spacial score (nSPS) is 22.5. The molecule has 0 atom stereocenters. The minimum absolute atomic E-state index is 0.178. The average molecular weight is 453 g/mol. The number of rotatable bonds is 4. The average Bonchev–Trinajstić information content (AvgIpc) is 3.34. The van der Waals surface area contributed by atoms with Gasteiger partial charge in [0.05, 0.1) is 12.1 Å². The van der Waals surface area contributed by atoms with Gasteiger partial charge in [-0.15, -0.1) is 0 Å². The maximum Gasteiger partial charge on any atom is 0.419 e. The largest absolute Gasteiger partial charge is 0.419 e. The molecule has 3 aliphatic heterocycles. The highest BCUT2D eigenvalue weighted by atomic mass is 19.4. The molecule has 1 amide bonds. The van der Waals surface area contributed by atoms with Gasteiger partial charge in [-0.3, -0.25) is 14.7 Å². The molecule has 1 aromatic carbocycles. The van der Waals surface area contributed by atoms with Gasteiger partial charge in [-0.25, -0.2) is 8.78 Å². The van der Waals surface area contributed by atoms with Crippen LogP contribution in [0.15, 0.2) is 28.3 Å². The molecule has 0 N–H and O–H groups in total. The van der Waals surface area contributed by atoms with E-state index in [9.17, 15) is 26.7 Å². The number of amides is 1. The van der Waals surface area contributed by atoms with Gasteiger partial charge in [0.1, 0.15) is 5.71 Å². The summed E-state index contributed by atoms with van der Waals surface area (Å²) in [5.41, 5.74) is 0.927. The van der Waals surface area contributed by atoms with Crippen molar-refractivity contribution < 1.29 is 26.7 Å². The van der Waals surface area contributed by atoms with Crippen molar-refractivity contribution >= 4 is 11.6 Å². The molecule has 1 aliphatic carbocycles. The Labute approximate surface area is 182 Å². The molecular formula is C23H24F5N3O. The van der Waals surface area contributed by atoms with Crippen LogP contribution in [0.5, 0.6) is 0 Å². The molecule has 0 radical (unpaired) electrons. The van der Waals surface area contributed by atoms with E-state index >= 15 is 0 Å². The Morgan fingerprint density at radius 3 is 2.44 bits per heavy atom. The van der Waals surface area contributed by atoms with Gasteiger partial charge in [-0.2, -0.15) is 13.2 Å². The van der Waals surface area contributed by atoms with Crippen molar-refractivity contribution in [2.45, 2.75) is 37.8 Å². The first-order valence-corrected chi connectivity index (χ1v) is 11.0. The maximum absolute atomic E-state index is 14.0. The summed E-state index contributed by atoms with van der Waals surface area (Å²) >= 11 is 0. The number of hydrogen-bond acceptors (Lipinski definition) is 3. The van der Waals surface area contributed by atoms with E-state index in [1.54, 1.807) is 4.90 Å². The van der Waals surface area contributed by atoms with Crippen molar-refractivity contribution in [3.05, 3.63) is 46.0 Å². The lowest BCUT2D eigenvalue weighted by atomic mass is 9.85. The third kappa shape index (κ3) is 3.95. The Morgan fingerprint density at radius 2 is 1.78 bits per heavy atom. The van der Waals surface area contributed by atoms with E-state index in [0.29, 0.717) is 12.3 Å². The number of likely N-dealkylation sites (tertiary alicyclic amines) is 1. The fourth-order valence-corrected chi connectivity index (χ4v) is 5.14. The zero-order valence-electron chi connectivity index (χ0n) is 17.5. The fraction of sp³-hybridized carbons (Fsp3) is 0.565. The number of nitrogens with zero attached hydrogens (tertiary/aromatic N) is 3. The van der Waals surface area contributed by atoms with Crippen LogP contribution in [0.25, 0.3) is 0 Å². The molecule has 2 fully saturated rings. The molecule has 0 unspecified atom stereocenters. The summed E-state index contributed by atoms with van der Waals surface area (Å²) in [6.45, 7) is 3.69. The number of alkyl halides is 3. The van der Waals surface area contributed by atoms with Gasteiger partial charge in [0.15, 0.2) is 11.6 Å². The van der Waals surface area contributed by atoms with Gasteiger partial charge in [0, 0.05) is 32.7 Å². The number of hydrogen-bond donors (Lipinski definition) is 0. The predicted molar refractivity (Wildman–Crippen MR) is 108 cm³/mol. The van der Waals surface area contributed by atoms with Gasteiger partial charge in [-0.1, -0.05) is 6.07 Å². The van der Waals surface area contributed by atoms with Crippen LogP contribution in [0.3, 0.4) is 0 Å². The lowest BCUT2D eigenvalue weighted by molar-refractivity contribution is -0.141. The summed E-state index contributed by atoms with van der Waals surface area (Å²) in [5.74, 6) is -3.37. The third-order valence-electron chi connectivity index (χ3n) is 6.99. The number of aliphatic imine (C=N–C) groups is 1. The van der Waals surface area contributed by atoms with Crippen molar-refractivity contribution in [3.8, 4) is 0 Å². The second-order valence-electron chi connectivity index (χ2n) is 9.25. The van der Waals surface area contributed by atoms with E-state index in [2.05, 4.69) is 9.89 Å². The summed E-state index contributed by atoms with van der Waals surface area (Å²) in [5, 5.41) is 0. The molecule has 5 rings (SSSR count). The number of carbonyl (C=O) groups is 1. The van der Waals surface area contributed by atoms with Crippen LogP contribution in [0, 0.1) is 17.6 Å². The number of piperidine rings is 1. The van der Waals surface area contributed by atoms with Crippen molar-refractivity contribution in [2.24, 2.45) is 10.9 Å². The van der Waals surface area contributed by atoms with Crippen LogP contribution in [0.4, 0.5) is 22.0 Å². The molecule has 3 heterocycles. The van der Waals surface area contributed by atoms with E-state index < -0.39 is 29.3 Å². The monoisotopic (exact) mass is 453 g/mol. The number of benzene rings is 1. The first-order chi connectivity index (χ1) is 15.2. The first-order valence-electron chi connectivity index (χ1n) is 11.0. The molecule has 0 aromatic heterocycles. The van der Waals surface area contributed by atoms with Crippen LogP contribution in [0.1, 0.15) is 42.7 Å². The highest BCUT2D eigenvalue weighted by Gasteiger charge is 2.41. The molecule has 9 heteroatoms. The lowest BCUT2D eigenvalue weighted by Gasteiger charge is -2.33. The molecule has 1 saturated carbocycles. The Morgan fingerprint density at radius 1 is 1.06 bits per heavy atom. The quantitative estimate of drug-likeness (QED) is 0.642. The van der Waals surface area contributed by atoms with Crippen LogP contribution in [-0.4, -0.2) is 60.7 Å². The first kappa shape index (κ1) is 21.6. The second-order valence-corrected chi connectivity index (χ2v) is 9.25. The SMILES string of the molecule is O=C(C1=NCC2=C1CN(CC1CC1)C2)N1CCC(c2ccc(F)c(F)c2C(F)(F)F)CC1. The summed E-state index contributed by atoms with van der Waals surface area (Å²) in [7, 11) is 0. The number of carbonyl (C=O) groups excluding carboxylic acids is 1. The Bertz CT molecular complexity index is 1000. The molecule has 1 aromatic rings. The van der Waals surface area contributed by atoms with E-state index in [1.807, 2.05) is 0 Å². The molecule has 4 nitrogen and oxygen atoms in total. The van der Waals surface area contributed by atoms with E-state index in [1.165, 1.54) is 18.4 Å². The highest BCUT2D eigenvalue weighted by Crippen LogP contribution is 2.41. The molecule has 32 heavy (non-hydrogen) atoms. The fourth-order valence-electron chi connectivity index (χ4n) is 5.14. The van der Waals surface area contributed by atoms with Crippen molar-refractivity contribution in [2.75, 3.05) is 39.3 Å². The Balaban J connectivity index is 1.25. The third-order valence-corrected chi connectivity index (χ3v) is 6.99. The molecule has 1 saturated heterocycles. The Kier molecular flexibility index (Phi) is 5.34. The van der Waals surface area contributed by atoms with Crippen molar-refractivity contribution in [1.29, 1.82) is 0 Å². The summed E-state index contributed by atoms with van der Waals surface area (Å²) in [6, 6.07) is 1.76. The number of halogens is 5. The van der Waals surface area contributed by atoms with E-state index in [0.717, 1.165) is 43.3 Å². The molecule has 4 aliphatic rings. The molecule has 172 valence electrons. The van der Waals surface area contributed by atoms with Crippen molar-refractivity contribution in [1.82, 2.24) is 9.80 Å². The van der Waals surface area contributed by atoms with Crippen LogP contribution in [-0.2, 0) is 11.0 Å². The van der Waals surface area contributed by atoms with Crippen molar-refractivity contribution in [3.63, 3.8) is 0 Å². The topological polar surface area (TPSA) is 35.9 Å². The van der Waals surface area contributed by atoms with Gasteiger partial charge in [-0.05, 0) is 60.3 Å². The lowest BCUT2D eigenvalue weighted by Crippen LogP contribution is -2.42. The van der Waals surface area contributed by atoms with Gasteiger partial charge >= 0.3 is 6.18 Å². The standard InChI is InChI=1S/C23H24F5N3O/c24-18-4-3-16(19(20(18)25)23(26,27)28)14-5-7-31(8-6-14)22(32)21-17-12-30(10-13-1-2-13)11-15(17)9-29-21/h3-4,13-14H,1-2,5-12H2. The van der Waals surface area contributed by atoms with Crippen LogP contribution < -0.4 is 0 Å². The zero-order chi connectivity index (χ0) is 22.6. The second kappa shape index (κ2) is 7.93. The smallest absolute Gasteiger partial charge is 0.337 e. The van der Waals surface area contributed by atoms with E-state index in [4.69, 9.17) is 0 Å². The Hall–Kier alpha value is -2.29. The molecule has 0 spiro atoms. The molecule has 0 bridgehead atoms. The van der Waals surface area contributed by atoms with E-state index in [-0.39, 0.29) is 37.4 Å². The summed E-state index contributed by atoms with van der Waals surface area (Å²) in [6.07, 6.45) is -1.93. The van der Waals surface area contributed by atoms with Crippen LogP contribution in [0.2, 0.25) is 0 Å². The van der Waals surface area contributed by atoms with Gasteiger partial charge in [0.25, 0.3) is 5.91 Å².